The highest BCUT2D eigenvalue weighted by atomic mass is 32.1. The minimum atomic E-state index is -0.367. The van der Waals surface area contributed by atoms with E-state index in [4.69, 9.17) is 17.0 Å². The van der Waals surface area contributed by atoms with Gasteiger partial charge in [-0.15, -0.1) is 0 Å². The standard InChI is InChI=1S/C13H19N3OS/c1-9(2)16-12(18)14-13(3,15-16)10-5-7-11(17-4)8-6-10/h5-9,15H,1-4H3,(H,14,18)/t13-/m0/s1. The molecule has 0 bridgehead atoms. The van der Waals surface area contributed by atoms with E-state index >= 15 is 0 Å². The second kappa shape index (κ2) is 4.74. The van der Waals surface area contributed by atoms with E-state index in [0.717, 1.165) is 16.4 Å². The number of hydrogen-bond donors (Lipinski definition) is 2. The molecular formula is C13H19N3OS. The van der Waals surface area contributed by atoms with Crippen LogP contribution in [0, 0.1) is 0 Å². The lowest BCUT2D eigenvalue weighted by Gasteiger charge is -2.27. The SMILES string of the molecule is COc1ccc([C@@]2(C)NC(=S)N(C(C)C)N2)cc1. The van der Waals surface area contributed by atoms with Crippen LogP contribution in [-0.4, -0.2) is 23.3 Å². The fourth-order valence-electron chi connectivity index (χ4n) is 2.02. The van der Waals surface area contributed by atoms with Crippen molar-refractivity contribution in [2.45, 2.75) is 32.5 Å². The molecule has 2 rings (SSSR count). The normalized spacial score (nSPS) is 23.4. The average molecular weight is 265 g/mol. The summed E-state index contributed by atoms with van der Waals surface area (Å²) in [6.45, 7) is 6.27. The topological polar surface area (TPSA) is 36.5 Å². The van der Waals surface area contributed by atoms with E-state index in [9.17, 15) is 0 Å². The van der Waals surface area contributed by atoms with Crippen LogP contribution in [0.2, 0.25) is 0 Å². The third-order valence-electron chi connectivity index (χ3n) is 3.10. The molecular weight excluding hydrogens is 246 g/mol. The fraction of sp³-hybridized carbons (Fsp3) is 0.462. The first-order valence-corrected chi connectivity index (χ1v) is 6.41. The lowest BCUT2D eigenvalue weighted by Crippen LogP contribution is -2.47. The predicted molar refractivity (Wildman–Crippen MR) is 76.2 cm³/mol. The van der Waals surface area contributed by atoms with Crippen LogP contribution in [0.4, 0.5) is 0 Å². The number of nitrogens with one attached hydrogen (secondary N) is 2. The predicted octanol–water partition coefficient (Wildman–Crippen LogP) is 1.97. The highest BCUT2D eigenvalue weighted by molar-refractivity contribution is 7.80. The largest absolute Gasteiger partial charge is 0.497 e. The molecule has 18 heavy (non-hydrogen) atoms. The maximum Gasteiger partial charge on any atom is 0.185 e. The van der Waals surface area contributed by atoms with Crippen molar-refractivity contribution in [2.75, 3.05) is 7.11 Å². The van der Waals surface area contributed by atoms with Crippen LogP contribution in [0.5, 0.6) is 5.75 Å². The molecule has 1 fully saturated rings. The highest BCUT2D eigenvalue weighted by Crippen LogP contribution is 2.25. The van der Waals surface area contributed by atoms with Crippen LogP contribution in [0.15, 0.2) is 24.3 Å². The maximum absolute atomic E-state index is 5.34. The van der Waals surface area contributed by atoms with Gasteiger partial charge in [0.15, 0.2) is 5.11 Å². The first-order chi connectivity index (χ1) is 8.46. The average Bonchev–Trinajstić information content (AvgIpc) is 2.66. The van der Waals surface area contributed by atoms with Crippen LogP contribution >= 0.6 is 12.2 Å². The van der Waals surface area contributed by atoms with E-state index in [2.05, 4.69) is 31.5 Å². The van der Waals surface area contributed by atoms with Gasteiger partial charge in [0.1, 0.15) is 11.4 Å². The first-order valence-electron chi connectivity index (χ1n) is 6.00. The van der Waals surface area contributed by atoms with Crippen LogP contribution < -0.4 is 15.5 Å². The van der Waals surface area contributed by atoms with Crippen molar-refractivity contribution in [2.24, 2.45) is 0 Å². The Hall–Kier alpha value is -1.33. The summed E-state index contributed by atoms with van der Waals surface area (Å²) >= 11 is 5.34. The minimum Gasteiger partial charge on any atom is -0.497 e. The molecule has 0 unspecified atom stereocenters. The minimum absolute atomic E-state index is 0.310. The van der Waals surface area contributed by atoms with Gasteiger partial charge in [-0.1, -0.05) is 12.1 Å². The zero-order valence-corrected chi connectivity index (χ0v) is 12.0. The lowest BCUT2D eigenvalue weighted by molar-refractivity contribution is 0.202. The van der Waals surface area contributed by atoms with E-state index in [1.54, 1.807) is 7.11 Å². The summed E-state index contributed by atoms with van der Waals surface area (Å²) in [4.78, 5) is 0. The Bertz CT molecular complexity index is 446. The second-order valence-corrected chi connectivity index (χ2v) is 5.25. The maximum atomic E-state index is 5.34. The molecule has 2 N–H and O–H groups in total. The van der Waals surface area contributed by atoms with Gasteiger partial charge >= 0.3 is 0 Å². The smallest absolute Gasteiger partial charge is 0.185 e. The summed E-state index contributed by atoms with van der Waals surface area (Å²) in [5.74, 6) is 0.851. The van der Waals surface area contributed by atoms with Gasteiger partial charge in [0.2, 0.25) is 0 Å². The molecule has 1 aliphatic rings. The van der Waals surface area contributed by atoms with Gasteiger partial charge in [0, 0.05) is 6.04 Å². The van der Waals surface area contributed by atoms with E-state index in [-0.39, 0.29) is 5.66 Å². The molecule has 0 aromatic heterocycles. The quantitative estimate of drug-likeness (QED) is 0.817. The van der Waals surface area contributed by atoms with Gasteiger partial charge in [-0.2, -0.15) is 0 Å². The Morgan fingerprint density at radius 2 is 1.89 bits per heavy atom. The van der Waals surface area contributed by atoms with Crippen molar-refractivity contribution >= 4 is 17.3 Å². The number of benzene rings is 1. The number of hydrogen-bond acceptors (Lipinski definition) is 3. The molecule has 1 heterocycles. The van der Waals surface area contributed by atoms with Crippen LogP contribution in [0.3, 0.4) is 0 Å². The molecule has 0 spiro atoms. The molecule has 0 aliphatic carbocycles. The molecule has 1 atom stereocenters. The zero-order valence-electron chi connectivity index (χ0n) is 11.2. The molecule has 0 amide bonds. The molecule has 98 valence electrons. The van der Waals surface area contributed by atoms with Gasteiger partial charge in [-0.3, -0.25) is 5.01 Å². The van der Waals surface area contributed by atoms with Gasteiger partial charge in [0.25, 0.3) is 0 Å². The number of hydrazine groups is 1. The molecule has 0 saturated carbocycles. The summed E-state index contributed by atoms with van der Waals surface area (Å²) in [6, 6.07) is 8.28. The Morgan fingerprint density at radius 3 is 2.33 bits per heavy atom. The molecule has 5 heteroatoms. The van der Waals surface area contributed by atoms with Gasteiger partial charge in [-0.25, -0.2) is 5.43 Å². The third kappa shape index (κ3) is 2.28. The highest BCUT2D eigenvalue weighted by Gasteiger charge is 2.38. The van der Waals surface area contributed by atoms with Crippen molar-refractivity contribution in [1.29, 1.82) is 0 Å². The first kappa shape index (κ1) is 13.1. The molecule has 1 saturated heterocycles. The Balaban J connectivity index is 2.24. The Kier molecular flexibility index (Phi) is 3.45. The van der Waals surface area contributed by atoms with Crippen LogP contribution in [0.25, 0.3) is 0 Å². The van der Waals surface area contributed by atoms with E-state index in [0.29, 0.717) is 6.04 Å². The molecule has 4 nitrogen and oxygen atoms in total. The van der Waals surface area contributed by atoms with Crippen molar-refractivity contribution in [3.8, 4) is 5.75 Å². The number of thiocarbonyl (C=S) groups is 1. The van der Waals surface area contributed by atoms with E-state index < -0.39 is 0 Å². The second-order valence-electron chi connectivity index (χ2n) is 4.86. The van der Waals surface area contributed by atoms with Crippen molar-refractivity contribution in [3.05, 3.63) is 29.8 Å². The van der Waals surface area contributed by atoms with Gasteiger partial charge in [-0.05, 0) is 50.7 Å². The number of rotatable bonds is 3. The van der Waals surface area contributed by atoms with Crippen molar-refractivity contribution in [1.82, 2.24) is 15.8 Å². The monoisotopic (exact) mass is 265 g/mol. The van der Waals surface area contributed by atoms with Crippen LogP contribution in [-0.2, 0) is 5.66 Å². The summed E-state index contributed by atoms with van der Waals surface area (Å²) in [7, 11) is 1.67. The summed E-state index contributed by atoms with van der Waals surface area (Å²) in [5, 5.41) is 6.02. The molecule has 1 aromatic rings. The van der Waals surface area contributed by atoms with Crippen LogP contribution in [0.1, 0.15) is 26.3 Å². The Morgan fingerprint density at radius 1 is 1.28 bits per heavy atom. The number of nitrogens with zero attached hydrogens (tertiary/aromatic N) is 1. The fourth-order valence-corrected chi connectivity index (χ4v) is 2.48. The number of ether oxygens (including phenoxy) is 1. The summed E-state index contributed by atoms with van der Waals surface area (Å²) in [6.07, 6.45) is 0. The zero-order chi connectivity index (χ0) is 13.3. The van der Waals surface area contributed by atoms with E-state index in [1.165, 1.54) is 0 Å². The molecule has 1 aromatic carbocycles. The lowest BCUT2D eigenvalue weighted by atomic mass is 10.0. The molecule has 1 aliphatic heterocycles. The molecule has 0 radical (unpaired) electrons. The Labute approximate surface area is 113 Å². The van der Waals surface area contributed by atoms with Crippen molar-refractivity contribution < 1.29 is 4.74 Å². The van der Waals surface area contributed by atoms with E-state index in [1.807, 2.05) is 29.3 Å². The summed E-state index contributed by atoms with van der Waals surface area (Å²) < 4.78 is 5.17. The van der Waals surface area contributed by atoms with Gasteiger partial charge in [0.05, 0.1) is 7.11 Å². The van der Waals surface area contributed by atoms with Crippen molar-refractivity contribution in [3.63, 3.8) is 0 Å². The van der Waals surface area contributed by atoms with Gasteiger partial charge < -0.3 is 10.1 Å². The summed E-state index contributed by atoms with van der Waals surface area (Å²) in [5.41, 5.74) is 4.16. The third-order valence-corrected chi connectivity index (χ3v) is 3.40. The number of methoxy groups -OCH3 is 1.